The molecule has 0 radical (unpaired) electrons. The van der Waals surface area contributed by atoms with Gasteiger partial charge in [-0.25, -0.2) is 13.1 Å². The Labute approximate surface area is 106 Å². The summed E-state index contributed by atoms with van der Waals surface area (Å²) in [5.41, 5.74) is 5.96. The molecule has 17 heavy (non-hydrogen) atoms. The summed E-state index contributed by atoms with van der Waals surface area (Å²) in [6, 6.07) is 1.46. The van der Waals surface area contributed by atoms with Crippen LogP contribution in [0.2, 0.25) is 0 Å². The molecule has 98 valence electrons. The standard InChI is InChI=1S/C10H18N2O3S2/c1-2-5-15-6-3-4-12-17(13,14)10-7-9(11)8-16-10/h7-8,12H,2-6,11H2,1H3. The number of hydrogen-bond acceptors (Lipinski definition) is 5. The van der Waals surface area contributed by atoms with Gasteiger partial charge in [-0.05, 0) is 18.9 Å². The average Bonchev–Trinajstić information content (AvgIpc) is 2.71. The van der Waals surface area contributed by atoms with Crippen molar-refractivity contribution in [2.75, 3.05) is 25.5 Å². The van der Waals surface area contributed by atoms with Crippen molar-refractivity contribution in [1.29, 1.82) is 0 Å². The van der Waals surface area contributed by atoms with Crippen molar-refractivity contribution >= 4 is 27.0 Å². The number of nitrogens with two attached hydrogens (primary N) is 1. The number of nitrogens with one attached hydrogen (secondary N) is 1. The third-order valence-electron chi connectivity index (χ3n) is 1.97. The molecular formula is C10H18N2O3S2. The first-order valence-electron chi connectivity index (χ1n) is 5.47. The Balaban J connectivity index is 2.31. The molecule has 0 aliphatic rings. The predicted octanol–water partition coefficient (Wildman–Crippen LogP) is 1.43. The minimum Gasteiger partial charge on any atom is -0.398 e. The van der Waals surface area contributed by atoms with E-state index in [1.807, 2.05) is 6.92 Å². The predicted molar refractivity (Wildman–Crippen MR) is 69.6 cm³/mol. The van der Waals surface area contributed by atoms with E-state index in [4.69, 9.17) is 10.5 Å². The lowest BCUT2D eigenvalue weighted by atomic mass is 10.4. The molecule has 0 aliphatic heterocycles. The summed E-state index contributed by atoms with van der Waals surface area (Å²) in [7, 11) is -3.40. The first-order valence-corrected chi connectivity index (χ1v) is 7.84. The molecule has 1 heterocycles. The van der Waals surface area contributed by atoms with Gasteiger partial charge in [0.2, 0.25) is 10.0 Å². The van der Waals surface area contributed by atoms with Crippen molar-refractivity contribution in [2.45, 2.75) is 24.0 Å². The number of thiophene rings is 1. The van der Waals surface area contributed by atoms with Gasteiger partial charge >= 0.3 is 0 Å². The quantitative estimate of drug-likeness (QED) is 0.705. The number of sulfonamides is 1. The Morgan fingerprint density at radius 2 is 2.24 bits per heavy atom. The number of ether oxygens (including phenoxy) is 1. The van der Waals surface area contributed by atoms with Crippen molar-refractivity contribution in [3.8, 4) is 0 Å². The van der Waals surface area contributed by atoms with E-state index in [9.17, 15) is 8.42 Å². The highest BCUT2D eigenvalue weighted by Gasteiger charge is 2.15. The zero-order valence-electron chi connectivity index (χ0n) is 9.81. The van der Waals surface area contributed by atoms with Gasteiger partial charge in [-0.1, -0.05) is 6.92 Å². The molecule has 0 amide bonds. The maximum Gasteiger partial charge on any atom is 0.250 e. The van der Waals surface area contributed by atoms with E-state index in [1.165, 1.54) is 6.07 Å². The molecule has 0 saturated carbocycles. The van der Waals surface area contributed by atoms with Gasteiger partial charge in [-0.3, -0.25) is 0 Å². The van der Waals surface area contributed by atoms with Gasteiger partial charge < -0.3 is 10.5 Å². The minimum absolute atomic E-state index is 0.254. The van der Waals surface area contributed by atoms with E-state index >= 15 is 0 Å². The summed E-state index contributed by atoms with van der Waals surface area (Å²) >= 11 is 1.12. The summed E-state index contributed by atoms with van der Waals surface area (Å²) in [5, 5.41) is 1.61. The first kappa shape index (κ1) is 14.4. The molecule has 1 aromatic rings. The highest BCUT2D eigenvalue weighted by Crippen LogP contribution is 2.21. The molecule has 0 bridgehead atoms. The van der Waals surface area contributed by atoms with E-state index in [-0.39, 0.29) is 4.21 Å². The summed E-state index contributed by atoms with van der Waals surface area (Å²) in [4.78, 5) is 0. The number of nitrogen functional groups attached to an aromatic ring is 1. The maximum absolute atomic E-state index is 11.7. The molecule has 7 heteroatoms. The fourth-order valence-corrected chi connectivity index (χ4v) is 3.37. The normalized spacial score (nSPS) is 11.8. The van der Waals surface area contributed by atoms with Gasteiger partial charge in [0.05, 0.1) is 0 Å². The second-order valence-electron chi connectivity index (χ2n) is 3.56. The molecule has 0 spiro atoms. The third-order valence-corrected chi connectivity index (χ3v) is 4.89. The van der Waals surface area contributed by atoms with Crippen LogP contribution in [0.25, 0.3) is 0 Å². The molecule has 0 aromatic carbocycles. The van der Waals surface area contributed by atoms with Crippen LogP contribution in [0.1, 0.15) is 19.8 Å². The second-order valence-corrected chi connectivity index (χ2v) is 6.47. The van der Waals surface area contributed by atoms with E-state index in [1.54, 1.807) is 5.38 Å². The number of hydrogen-bond donors (Lipinski definition) is 2. The largest absolute Gasteiger partial charge is 0.398 e. The summed E-state index contributed by atoms with van der Waals surface area (Å²) in [6.07, 6.45) is 1.64. The van der Waals surface area contributed by atoms with Crippen molar-refractivity contribution in [3.63, 3.8) is 0 Å². The molecular weight excluding hydrogens is 260 g/mol. The summed E-state index contributed by atoms with van der Waals surface area (Å²) in [5.74, 6) is 0. The maximum atomic E-state index is 11.7. The molecule has 3 N–H and O–H groups in total. The lowest BCUT2D eigenvalue weighted by molar-refractivity contribution is 0.133. The summed E-state index contributed by atoms with van der Waals surface area (Å²) < 4.78 is 31.5. The molecule has 1 aromatic heterocycles. The Morgan fingerprint density at radius 3 is 2.82 bits per heavy atom. The Hall–Kier alpha value is -0.630. The van der Waals surface area contributed by atoms with Crippen molar-refractivity contribution in [1.82, 2.24) is 4.72 Å². The molecule has 0 atom stereocenters. The van der Waals surface area contributed by atoms with Crippen molar-refractivity contribution < 1.29 is 13.2 Å². The number of anilines is 1. The van der Waals surface area contributed by atoms with Gasteiger partial charge in [0.1, 0.15) is 4.21 Å². The Kier molecular flexibility index (Phi) is 5.90. The molecule has 5 nitrogen and oxygen atoms in total. The van der Waals surface area contributed by atoms with Gasteiger partial charge in [-0.2, -0.15) is 0 Å². The van der Waals surface area contributed by atoms with Gasteiger partial charge in [0, 0.05) is 30.8 Å². The zero-order valence-corrected chi connectivity index (χ0v) is 11.4. The highest BCUT2D eigenvalue weighted by molar-refractivity contribution is 7.91. The van der Waals surface area contributed by atoms with Crippen LogP contribution in [0.3, 0.4) is 0 Å². The van der Waals surface area contributed by atoms with E-state index < -0.39 is 10.0 Å². The van der Waals surface area contributed by atoms with Crippen molar-refractivity contribution in [2.24, 2.45) is 0 Å². The fourth-order valence-electron chi connectivity index (χ4n) is 1.17. The minimum atomic E-state index is -3.40. The van der Waals surface area contributed by atoms with Crippen LogP contribution in [0, 0.1) is 0 Å². The first-order chi connectivity index (χ1) is 8.06. The fraction of sp³-hybridized carbons (Fsp3) is 0.600. The SMILES string of the molecule is CCCOCCCNS(=O)(=O)c1cc(N)cs1. The Bertz CT molecular complexity index is 429. The van der Waals surface area contributed by atoms with Crippen LogP contribution in [0.4, 0.5) is 5.69 Å². The monoisotopic (exact) mass is 278 g/mol. The lowest BCUT2D eigenvalue weighted by Crippen LogP contribution is -2.24. The lowest BCUT2D eigenvalue weighted by Gasteiger charge is -2.05. The van der Waals surface area contributed by atoms with Crippen LogP contribution < -0.4 is 10.5 Å². The molecule has 0 aliphatic carbocycles. The molecule has 0 fully saturated rings. The van der Waals surface area contributed by atoms with Gasteiger partial charge in [0.15, 0.2) is 0 Å². The van der Waals surface area contributed by atoms with Gasteiger partial charge in [-0.15, -0.1) is 11.3 Å². The Morgan fingerprint density at radius 1 is 1.47 bits per heavy atom. The van der Waals surface area contributed by atoms with Crippen LogP contribution >= 0.6 is 11.3 Å². The van der Waals surface area contributed by atoms with Crippen LogP contribution in [0.15, 0.2) is 15.7 Å². The van der Waals surface area contributed by atoms with E-state index in [2.05, 4.69) is 4.72 Å². The molecule has 1 rings (SSSR count). The van der Waals surface area contributed by atoms with Crippen LogP contribution in [-0.2, 0) is 14.8 Å². The highest BCUT2D eigenvalue weighted by atomic mass is 32.2. The zero-order chi connectivity index (χ0) is 12.7. The summed E-state index contributed by atoms with van der Waals surface area (Å²) in [6.45, 7) is 3.70. The topological polar surface area (TPSA) is 81.4 Å². The van der Waals surface area contributed by atoms with E-state index in [0.29, 0.717) is 31.9 Å². The third kappa shape index (κ3) is 5.03. The number of rotatable bonds is 8. The van der Waals surface area contributed by atoms with E-state index in [0.717, 1.165) is 17.8 Å². The molecule has 0 unspecified atom stereocenters. The van der Waals surface area contributed by atoms with Crippen molar-refractivity contribution in [3.05, 3.63) is 11.4 Å². The average molecular weight is 278 g/mol. The van der Waals surface area contributed by atoms with Crippen LogP contribution in [-0.4, -0.2) is 28.2 Å². The van der Waals surface area contributed by atoms with Crippen LogP contribution in [0.5, 0.6) is 0 Å². The smallest absolute Gasteiger partial charge is 0.250 e. The second kappa shape index (κ2) is 6.95. The molecule has 0 saturated heterocycles. The van der Waals surface area contributed by atoms with Gasteiger partial charge in [0.25, 0.3) is 0 Å².